The minimum absolute atomic E-state index is 0.142. The van der Waals surface area contributed by atoms with Crippen LogP contribution in [0.3, 0.4) is 0 Å². The van der Waals surface area contributed by atoms with Crippen molar-refractivity contribution in [1.82, 2.24) is 4.98 Å². The van der Waals surface area contributed by atoms with Crippen molar-refractivity contribution in [2.24, 2.45) is 0 Å². The van der Waals surface area contributed by atoms with Gasteiger partial charge in [0.1, 0.15) is 5.01 Å². The van der Waals surface area contributed by atoms with E-state index in [4.69, 9.17) is 21.1 Å². The van der Waals surface area contributed by atoms with Crippen molar-refractivity contribution in [1.29, 1.82) is 0 Å². The van der Waals surface area contributed by atoms with Crippen LogP contribution >= 0.6 is 22.9 Å². The second kappa shape index (κ2) is 7.88. The maximum atomic E-state index is 12.6. The molecule has 0 N–H and O–H groups in total. The van der Waals surface area contributed by atoms with Crippen LogP contribution in [0.4, 0.5) is 8.78 Å². The number of hydrogen-bond acceptors (Lipinski definition) is 5. The number of alkyl halides is 2. The summed E-state index contributed by atoms with van der Waals surface area (Å²) in [4.78, 5) is 4.49. The minimum atomic E-state index is -2.98. The average Bonchev–Trinajstić information content (AvgIpc) is 3.02. The first-order chi connectivity index (χ1) is 12.5. The standard InChI is InChI=1S/C18H14ClF2NO3S/c1-23-13-7-10(8-14(24-2)17(13)25-18(20)21)3-6-16-22-12-9-11(19)4-5-15(12)26-16/h3-9,18H,1-2H3/b6-3+. The van der Waals surface area contributed by atoms with Gasteiger partial charge in [-0.2, -0.15) is 8.78 Å². The number of halogens is 3. The fourth-order valence-corrected chi connectivity index (χ4v) is 3.38. The molecule has 0 radical (unpaired) electrons. The summed E-state index contributed by atoms with van der Waals surface area (Å²) in [5.74, 6) is 0.164. The summed E-state index contributed by atoms with van der Waals surface area (Å²) < 4.78 is 41.0. The SMILES string of the molecule is COc1cc(/C=C/c2nc3cc(Cl)ccc3s2)cc(OC)c1OC(F)F. The van der Waals surface area contributed by atoms with Crippen molar-refractivity contribution in [3.8, 4) is 17.2 Å². The van der Waals surface area contributed by atoms with E-state index in [9.17, 15) is 8.78 Å². The van der Waals surface area contributed by atoms with Gasteiger partial charge in [-0.1, -0.05) is 17.7 Å². The Bertz CT molecular complexity index is 934. The summed E-state index contributed by atoms with van der Waals surface area (Å²) in [6.07, 6.45) is 3.61. The number of ether oxygens (including phenoxy) is 3. The first-order valence-corrected chi connectivity index (χ1v) is 8.64. The summed E-state index contributed by atoms with van der Waals surface area (Å²) in [7, 11) is 2.75. The summed E-state index contributed by atoms with van der Waals surface area (Å²) in [5.41, 5.74) is 1.51. The fourth-order valence-electron chi connectivity index (χ4n) is 2.36. The lowest BCUT2D eigenvalue weighted by molar-refractivity contribution is -0.0526. The molecule has 0 unspecified atom stereocenters. The molecule has 3 aromatic rings. The van der Waals surface area contributed by atoms with Crippen molar-refractivity contribution in [2.75, 3.05) is 14.2 Å². The van der Waals surface area contributed by atoms with Gasteiger partial charge in [-0.15, -0.1) is 11.3 Å². The Hall–Kier alpha value is -2.38. The van der Waals surface area contributed by atoms with Crippen molar-refractivity contribution in [3.63, 3.8) is 0 Å². The van der Waals surface area contributed by atoms with E-state index in [1.807, 2.05) is 18.2 Å². The molecule has 0 fully saturated rings. The minimum Gasteiger partial charge on any atom is -0.493 e. The highest BCUT2D eigenvalue weighted by molar-refractivity contribution is 7.19. The number of nitrogens with zero attached hydrogens (tertiary/aromatic N) is 1. The number of rotatable bonds is 6. The quantitative estimate of drug-likeness (QED) is 0.532. The zero-order chi connectivity index (χ0) is 18.7. The molecule has 0 aliphatic heterocycles. The van der Waals surface area contributed by atoms with Gasteiger partial charge in [-0.25, -0.2) is 4.98 Å². The van der Waals surface area contributed by atoms with E-state index in [1.165, 1.54) is 25.6 Å². The molecule has 4 nitrogen and oxygen atoms in total. The van der Waals surface area contributed by atoms with Crippen molar-refractivity contribution in [3.05, 3.63) is 45.9 Å². The number of hydrogen-bond donors (Lipinski definition) is 0. The Labute approximate surface area is 157 Å². The van der Waals surface area contributed by atoms with E-state index in [0.717, 1.165) is 15.2 Å². The zero-order valence-corrected chi connectivity index (χ0v) is 15.4. The maximum absolute atomic E-state index is 12.6. The van der Waals surface area contributed by atoms with E-state index >= 15 is 0 Å². The molecule has 0 aliphatic rings. The lowest BCUT2D eigenvalue weighted by Gasteiger charge is -2.14. The highest BCUT2D eigenvalue weighted by atomic mass is 35.5. The normalized spacial score (nSPS) is 11.5. The molecule has 0 atom stereocenters. The highest BCUT2D eigenvalue weighted by Crippen LogP contribution is 2.40. The Morgan fingerprint density at radius 1 is 1.08 bits per heavy atom. The molecule has 0 amide bonds. The number of methoxy groups -OCH3 is 2. The van der Waals surface area contributed by atoms with Crippen molar-refractivity contribution in [2.45, 2.75) is 6.61 Å². The Kier molecular flexibility index (Phi) is 5.58. The summed E-state index contributed by atoms with van der Waals surface area (Å²) in [5, 5.41) is 1.41. The maximum Gasteiger partial charge on any atom is 0.387 e. The van der Waals surface area contributed by atoms with Gasteiger partial charge in [0, 0.05) is 5.02 Å². The molecule has 2 aromatic carbocycles. The van der Waals surface area contributed by atoms with E-state index in [1.54, 1.807) is 24.3 Å². The van der Waals surface area contributed by atoms with Gasteiger partial charge in [-0.05, 0) is 42.0 Å². The summed E-state index contributed by atoms with van der Waals surface area (Å²) >= 11 is 7.49. The molecule has 1 aromatic heterocycles. The van der Waals surface area contributed by atoms with Crippen molar-refractivity contribution >= 4 is 45.3 Å². The van der Waals surface area contributed by atoms with E-state index in [0.29, 0.717) is 10.6 Å². The second-order valence-corrected chi connectivity index (χ2v) is 6.63. The lowest BCUT2D eigenvalue weighted by atomic mass is 10.1. The molecule has 0 saturated heterocycles. The molecule has 0 bridgehead atoms. The molecule has 26 heavy (non-hydrogen) atoms. The Morgan fingerprint density at radius 2 is 1.77 bits per heavy atom. The van der Waals surface area contributed by atoms with Crippen LogP contribution in [-0.2, 0) is 0 Å². The molecule has 0 saturated carbocycles. The van der Waals surface area contributed by atoms with E-state index in [2.05, 4.69) is 9.72 Å². The third kappa shape index (κ3) is 4.05. The van der Waals surface area contributed by atoms with Crippen LogP contribution in [0.2, 0.25) is 5.02 Å². The van der Waals surface area contributed by atoms with Crippen molar-refractivity contribution < 1.29 is 23.0 Å². The summed E-state index contributed by atoms with van der Waals surface area (Å²) in [6.45, 7) is -2.98. The van der Waals surface area contributed by atoms with Crippen LogP contribution in [0.5, 0.6) is 17.2 Å². The molecule has 0 aliphatic carbocycles. The topological polar surface area (TPSA) is 40.6 Å². The van der Waals surface area contributed by atoms with Gasteiger partial charge in [0.25, 0.3) is 0 Å². The number of fused-ring (bicyclic) bond motifs is 1. The molecule has 8 heteroatoms. The van der Waals surface area contributed by atoms with E-state index < -0.39 is 6.61 Å². The predicted octanol–water partition coefficient (Wildman–Crippen LogP) is 5.74. The zero-order valence-electron chi connectivity index (χ0n) is 13.8. The lowest BCUT2D eigenvalue weighted by Crippen LogP contribution is -2.05. The van der Waals surface area contributed by atoms with Crippen LogP contribution in [0, 0.1) is 0 Å². The predicted molar refractivity (Wildman–Crippen MR) is 99.7 cm³/mol. The molecule has 0 spiro atoms. The molecule has 136 valence electrons. The molecular weight excluding hydrogens is 384 g/mol. The first-order valence-electron chi connectivity index (χ1n) is 7.45. The molecule has 3 rings (SSSR count). The third-order valence-electron chi connectivity index (χ3n) is 3.47. The fraction of sp³-hybridized carbons (Fsp3) is 0.167. The van der Waals surface area contributed by atoms with E-state index in [-0.39, 0.29) is 17.2 Å². The highest BCUT2D eigenvalue weighted by Gasteiger charge is 2.17. The van der Waals surface area contributed by atoms with Crippen LogP contribution in [0.1, 0.15) is 10.6 Å². The summed E-state index contributed by atoms with van der Waals surface area (Å²) in [6, 6.07) is 8.69. The van der Waals surface area contributed by atoms with Gasteiger partial charge in [0.2, 0.25) is 5.75 Å². The van der Waals surface area contributed by atoms with Gasteiger partial charge < -0.3 is 14.2 Å². The first kappa shape index (κ1) is 18.4. The van der Waals surface area contributed by atoms with Crippen LogP contribution in [-0.4, -0.2) is 25.8 Å². The van der Waals surface area contributed by atoms with Gasteiger partial charge in [0.15, 0.2) is 11.5 Å². The van der Waals surface area contributed by atoms with Crippen LogP contribution < -0.4 is 14.2 Å². The van der Waals surface area contributed by atoms with Gasteiger partial charge in [-0.3, -0.25) is 0 Å². The Balaban J connectivity index is 1.93. The number of benzene rings is 2. The van der Waals surface area contributed by atoms with Gasteiger partial charge >= 0.3 is 6.61 Å². The Morgan fingerprint density at radius 3 is 2.38 bits per heavy atom. The number of thiazole rings is 1. The van der Waals surface area contributed by atoms with Gasteiger partial charge in [0.05, 0.1) is 24.4 Å². The van der Waals surface area contributed by atoms with Crippen LogP contribution in [0.15, 0.2) is 30.3 Å². The molecular formula is C18H14ClF2NO3S. The second-order valence-electron chi connectivity index (χ2n) is 5.13. The number of aromatic nitrogens is 1. The van der Waals surface area contributed by atoms with Crippen LogP contribution in [0.25, 0.3) is 22.4 Å². The molecule has 1 heterocycles. The monoisotopic (exact) mass is 397 g/mol. The third-order valence-corrected chi connectivity index (χ3v) is 4.71. The smallest absolute Gasteiger partial charge is 0.387 e. The largest absolute Gasteiger partial charge is 0.493 e. The average molecular weight is 398 g/mol.